The molecule has 8 aromatic carbocycles. The molecule has 0 spiro atoms. The molecule has 0 radical (unpaired) electrons. The lowest BCUT2D eigenvalue weighted by Gasteiger charge is -2.26. The van der Waals surface area contributed by atoms with E-state index in [2.05, 4.69) is 66.7 Å². The van der Waals surface area contributed by atoms with Crippen LogP contribution < -0.4 is 4.90 Å². The second-order valence-electron chi connectivity index (χ2n) is 11.5. The Bertz CT molecular complexity index is 2460. The number of fused-ring (bicyclic) bond motifs is 1. The zero-order chi connectivity index (χ0) is 34.9. The number of anilines is 3. The van der Waals surface area contributed by atoms with Gasteiger partial charge in [-0.3, -0.25) is 0 Å². The Morgan fingerprint density at radius 3 is 1.55 bits per heavy atom. The van der Waals surface area contributed by atoms with E-state index in [9.17, 15) is 2.74 Å². The summed E-state index contributed by atoms with van der Waals surface area (Å²) in [6, 6.07) is 58.3. The van der Waals surface area contributed by atoms with E-state index in [1.807, 2.05) is 114 Å². The molecule has 0 atom stereocenters. The van der Waals surface area contributed by atoms with Gasteiger partial charge in [0, 0.05) is 17.1 Å². The van der Waals surface area contributed by atoms with Gasteiger partial charge < -0.3 is 4.90 Å². The Hall–Kier alpha value is -6.18. The molecule has 0 N–H and O–H groups in total. The van der Waals surface area contributed by atoms with Gasteiger partial charge in [0.1, 0.15) is 0 Å². The molecule has 0 aliphatic heterocycles. The van der Waals surface area contributed by atoms with Crippen molar-refractivity contribution in [2.75, 3.05) is 4.90 Å². The highest BCUT2D eigenvalue weighted by Crippen LogP contribution is 2.38. The van der Waals surface area contributed by atoms with Gasteiger partial charge in [0.2, 0.25) is 0 Å². The lowest BCUT2D eigenvalue weighted by atomic mass is 9.95. The molecule has 0 saturated carbocycles. The summed E-state index contributed by atoms with van der Waals surface area (Å²) in [4.78, 5) is 1.82. The van der Waals surface area contributed by atoms with Crippen LogP contribution in [0.4, 0.5) is 17.1 Å². The van der Waals surface area contributed by atoms with E-state index >= 15 is 0 Å². The molecule has 222 valence electrons. The molecule has 0 heterocycles. The largest absolute Gasteiger partial charge is 0.311 e. The van der Waals surface area contributed by atoms with E-state index in [1.54, 1.807) is 0 Å². The molecular weight excluding hydrogens is 567 g/mol. The maximum atomic E-state index is 9.24. The van der Waals surface area contributed by atoms with E-state index < -0.39 is 0 Å². The topological polar surface area (TPSA) is 3.24 Å². The van der Waals surface area contributed by atoms with Crippen LogP contribution in [0.5, 0.6) is 0 Å². The third-order valence-corrected chi connectivity index (χ3v) is 8.55. The van der Waals surface area contributed by atoms with Gasteiger partial charge in [-0.05, 0) is 97.7 Å². The van der Waals surface area contributed by atoms with Gasteiger partial charge in [-0.2, -0.15) is 0 Å². The average molecular weight is 604 g/mol. The third-order valence-electron chi connectivity index (χ3n) is 8.55. The molecule has 8 aromatic rings. The van der Waals surface area contributed by atoms with Crippen molar-refractivity contribution in [3.8, 4) is 44.5 Å². The highest BCUT2D eigenvalue weighted by atomic mass is 15.1. The van der Waals surface area contributed by atoms with Crippen LogP contribution in [0.3, 0.4) is 0 Å². The van der Waals surface area contributed by atoms with Crippen LogP contribution in [-0.2, 0) is 0 Å². The highest BCUT2D eigenvalue weighted by molar-refractivity contribution is 5.97. The van der Waals surface area contributed by atoms with Crippen molar-refractivity contribution in [3.63, 3.8) is 0 Å². The number of nitrogens with zero attached hydrogens (tertiary/aromatic N) is 1. The third kappa shape index (κ3) is 5.83. The first-order valence-electron chi connectivity index (χ1n) is 17.8. The van der Waals surface area contributed by atoms with Gasteiger partial charge in [0.15, 0.2) is 0 Å². The molecule has 0 aliphatic carbocycles. The number of hydrogen-bond acceptors (Lipinski definition) is 1. The quantitative estimate of drug-likeness (QED) is 0.175. The summed E-state index contributed by atoms with van der Waals surface area (Å²) >= 11 is 0. The first-order valence-corrected chi connectivity index (χ1v) is 15.8. The fraction of sp³-hybridized carbons (Fsp3) is 0. The van der Waals surface area contributed by atoms with Crippen LogP contribution in [-0.4, -0.2) is 0 Å². The summed E-state index contributed by atoms with van der Waals surface area (Å²) in [5.74, 6) is 0. The number of benzene rings is 8. The lowest BCUT2D eigenvalue weighted by Crippen LogP contribution is -2.09. The van der Waals surface area contributed by atoms with Gasteiger partial charge in [-0.25, -0.2) is 0 Å². The van der Waals surface area contributed by atoms with Crippen molar-refractivity contribution in [1.82, 2.24) is 0 Å². The van der Waals surface area contributed by atoms with Crippen LogP contribution in [0.2, 0.25) is 0 Å². The van der Waals surface area contributed by atoms with E-state index in [4.69, 9.17) is 2.74 Å². The Morgan fingerprint density at radius 1 is 0.319 bits per heavy atom. The minimum absolute atomic E-state index is 0.0822. The molecule has 0 unspecified atom stereocenters. The SMILES string of the molecule is [2H]c1c([2H])c(N(c2ccccc2)c2ccc(-c3cccc(-c4cccc5ccccc45)c3)cc2)c([2H])c([2H])c1-c1ccc(-c2ccccc2)cc1. The van der Waals surface area contributed by atoms with Crippen LogP contribution in [0.15, 0.2) is 200 Å². The fourth-order valence-corrected chi connectivity index (χ4v) is 6.15. The van der Waals surface area contributed by atoms with Gasteiger partial charge in [-0.15, -0.1) is 0 Å². The van der Waals surface area contributed by atoms with Crippen LogP contribution in [0.25, 0.3) is 55.3 Å². The van der Waals surface area contributed by atoms with E-state index in [0.717, 1.165) is 39.2 Å². The van der Waals surface area contributed by atoms with Crippen LogP contribution >= 0.6 is 0 Å². The summed E-state index contributed by atoms with van der Waals surface area (Å²) in [6.07, 6.45) is 0. The predicted octanol–water partition coefficient (Wildman–Crippen LogP) is 13.0. The lowest BCUT2D eigenvalue weighted by molar-refractivity contribution is 1.28. The minimum Gasteiger partial charge on any atom is -0.311 e. The molecule has 47 heavy (non-hydrogen) atoms. The Labute approximate surface area is 282 Å². The van der Waals surface area contributed by atoms with Gasteiger partial charge in [-0.1, -0.05) is 158 Å². The molecule has 0 amide bonds. The summed E-state index contributed by atoms with van der Waals surface area (Å²) in [6.45, 7) is 0. The molecule has 1 nitrogen and oxygen atoms in total. The van der Waals surface area contributed by atoms with Crippen LogP contribution in [0, 0.1) is 0 Å². The van der Waals surface area contributed by atoms with E-state index in [1.165, 1.54) is 16.3 Å². The van der Waals surface area contributed by atoms with Crippen molar-refractivity contribution in [2.45, 2.75) is 0 Å². The maximum Gasteiger partial charge on any atom is 0.0645 e. The summed E-state index contributed by atoms with van der Waals surface area (Å²) in [7, 11) is 0. The molecule has 0 fully saturated rings. The molecular formula is C46H33N. The fourth-order valence-electron chi connectivity index (χ4n) is 6.15. The monoisotopic (exact) mass is 603 g/mol. The normalized spacial score (nSPS) is 12.2. The molecule has 8 rings (SSSR count). The van der Waals surface area contributed by atoms with E-state index in [0.29, 0.717) is 5.56 Å². The Balaban J connectivity index is 1.18. The molecule has 1 heteroatoms. The predicted molar refractivity (Wildman–Crippen MR) is 200 cm³/mol. The second kappa shape index (κ2) is 12.7. The zero-order valence-corrected chi connectivity index (χ0v) is 25.7. The van der Waals surface area contributed by atoms with Crippen molar-refractivity contribution in [3.05, 3.63) is 200 Å². The summed E-state index contributed by atoms with van der Waals surface area (Å²) < 4.78 is 36.7. The first kappa shape index (κ1) is 24.1. The first-order chi connectivity index (χ1) is 25.0. The Morgan fingerprint density at radius 2 is 0.809 bits per heavy atom. The maximum absolute atomic E-state index is 9.24. The highest BCUT2D eigenvalue weighted by Gasteiger charge is 2.13. The molecule has 0 bridgehead atoms. The molecule has 0 saturated heterocycles. The van der Waals surface area contributed by atoms with Crippen molar-refractivity contribution in [1.29, 1.82) is 0 Å². The van der Waals surface area contributed by atoms with Crippen molar-refractivity contribution < 1.29 is 5.48 Å². The second-order valence-corrected chi connectivity index (χ2v) is 11.5. The number of hydrogen-bond donors (Lipinski definition) is 0. The summed E-state index contributed by atoms with van der Waals surface area (Å²) in [5, 5.41) is 2.41. The molecule has 0 aliphatic rings. The smallest absolute Gasteiger partial charge is 0.0645 e. The average Bonchev–Trinajstić information content (AvgIpc) is 3.20. The standard InChI is InChI=1S/C46H33N/c1-3-11-34(12-4-1)35-21-23-36(24-22-35)37-25-29-43(30-26-37)47(42-17-5-2-6-18-42)44-31-27-38(28-32-44)40-15-9-16-41(33-40)46-20-10-14-39-13-7-8-19-45(39)46/h1-33H/i25D,26D,29D,30D. The zero-order valence-electron chi connectivity index (χ0n) is 29.7. The van der Waals surface area contributed by atoms with Crippen molar-refractivity contribution in [2.24, 2.45) is 0 Å². The van der Waals surface area contributed by atoms with Gasteiger partial charge >= 0.3 is 0 Å². The van der Waals surface area contributed by atoms with Gasteiger partial charge in [0.25, 0.3) is 0 Å². The number of para-hydroxylation sites is 1. The summed E-state index contributed by atoms with van der Waals surface area (Å²) in [5.41, 5.74) is 9.10. The van der Waals surface area contributed by atoms with Gasteiger partial charge in [0.05, 0.1) is 5.48 Å². The minimum atomic E-state index is -0.103. The molecule has 0 aromatic heterocycles. The van der Waals surface area contributed by atoms with Crippen LogP contribution in [0.1, 0.15) is 5.48 Å². The Kier molecular flexibility index (Phi) is 6.50. The van der Waals surface area contributed by atoms with E-state index in [-0.39, 0.29) is 35.4 Å². The van der Waals surface area contributed by atoms with Crippen molar-refractivity contribution >= 4 is 27.8 Å². The number of rotatable bonds is 7.